The molecule has 1 aromatic heterocycles. The van der Waals surface area contributed by atoms with E-state index < -0.39 is 17.6 Å². The molecule has 3 rings (SSSR count). The van der Waals surface area contributed by atoms with Gasteiger partial charge in [0.05, 0.1) is 11.3 Å². The van der Waals surface area contributed by atoms with E-state index >= 15 is 0 Å². The summed E-state index contributed by atoms with van der Waals surface area (Å²) in [5, 5.41) is 9.44. The molecule has 0 aliphatic rings. The van der Waals surface area contributed by atoms with Gasteiger partial charge in [0.1, 0.15) is 11.6 Å². The van der Waals surface area contributed by atoms with Gasteiger partial charge in [0, 0.05) is 17.3 Å². The molecule has 1 N–H and O–H groups in total. The van der Waals surface area contributed by atoms with Crippen molar-refractivity contribution in [3.05, 3.63) is 78.0 Å². The van der Waals surface area contributed by atoms with Crippen molar-refractivity contribution in [2.24, 2.45) is 0 Å². The van der Waals surface area contributed by atoms with Gasteiger partial charge in [-0.15, -0.1) is 0 Å². The topological polar surface area (TPSA) is 50.2 Å². The van der Waals surface area contributed by atoms with Crippen LogP contribution >= 0.6 is 0 Å². The second-order valence-corrected chi connectivity index (χ2v) is 4.90. The van der Waals surface area contributed by atoms with Gasteiger partial charge in [-0.3, -0.25) is 4.98 Å². The number of nitrogens with zero attached hydrogens (tertiary/aromatic N) is 1. The van der Waals surface area contributed by atoms with Gasteiger partial charge in [-0.2, -0.15) is 0 Å². The van der Waals surface area contributed by atoms with E-state index in [1.165, 1.54) is 60.8 Å². The third-order valence-corrected chi connectivity index (χ3v) is 3.43. The average Bonchev–Trinajstić information content (AvgIpc) is 2.55. The summed E-state index contributed by atoms with van der Waals surface area (Å²) >= 11 is 0. The summed E-state index contributed by atoms with van der Waals surface area (Å²) in [5.74, 6) is -1.93. The van der Waals surface area contributed by atoms with Crippen LogP contribution in [0.4, 0.5) is 8.78 Å². The van der Waals surface area contributed by atoms with Crippen LogP contribution < -0.4 is 0 Å². The Morgan fingerprint density at radius 3 is 1.87 bits per heavy atom. The van der Waals surface area contributed by atoms with Crippen LogP contribution in [-0.2, 0) is 0 Å². The minimum Gasteiger partial charge on any atom is -0.478 e. The minimum atomic E-state index is -1.12. The molecule has 0 bridgehead atoms. The van der Waals surface area contributed by atoms with Crippen molar-refractivity contribution in [3.8, 4) is 22.4 Å². The first-order valence-electron chi connectivity index (χ1n) is 6.80. The molecule has 23 heavy (non-hydrogen) atoms. The van der Waals surface area contributed by atoms with Crippen LogP contribution in [0.1, 0.15) is 10.4 Å². The first-order valence-corrected chi connectivity index (χ1v) is 6.80. The first-order chi connectivity index (χ1) is 11.1. The highest BCUT2D eigenvalue weighted by atomic mass is 19.1. The van der Waals surface area contributed by atoms with E-state index in [1.54, 1.807) is 0 Å². The minimum absolute atomic E-state index is 0.0472. The van der Waals surface area contributed by atoms with E-state index in [1.807, 2.05) is 0 Å². The molecule has 3 aromatic rings. The molecular weight excluding hydrogens is 300 g/mol. The fraction of sp³-hybridized carbons (Fsp3) is 0. The van der Waals surface area contributed by atoms with E-state index in [0.717, 1.165) is 0 Å². The van der Waals surface area contributed by atoms with E-state index in [-0.39, 0.29) is 5.56 Å². The van der Waals surface area contributed by atoms with Crippen molar-refractivity contribution in [1.29, 1.82) is 0 Å². The van der Waals surface area contributed by atoms with Gasteiger partial charge in [0.15, 0.2) is 0 Å². The normalized spacial score (nSPS) is 10.5. The van der Waals surface area contributed by atoms with Crippen molar-refractivity contribution >= 4 is 5.97 Å². The van der Waals surface area contributed by atoms with Gasteiger partial charge in [0.2, 0.25) is 0 Å². The standard InChI is InChI=1S/C18H11F2NO2/c19-13-5-1-11(2-6-13)16-15(18(22)23)9-10-21-17(16)12-3-7-14(20)8-4-12/h1-10H,(H,22,23). The lowest BCUT2D eigenvalue weighted by atomic mass is 9.95. The van der Waals surface area contributed by atoms with Crippen molar-refractivity contribution < 1.29 is 18.7 Å². The lowest BCUT2D eigenvalue weighted by Gasteiger charge is -2.12. The fourth-order valence-electron chi connectivity index (χ4n) is 2.38. The van der Waals surface area contributed by atoms with Gasteiger partial charge < -0.3 is 5.11 Å². The highest BCUT2D eigenvalue weighted by molar-refractivity contribution is 6.00. The van der Waals surface area contributed by atoms with Gasteiger partial charge in [0.25, 0.3) is 0 Å². The summed E-state index contributed by atoms with van der Waals surface area (Å²) in [6.45, 7) is 0. The van der Waals surface area contributed by atoms with Gasteiger partial charge in [-0.05, 0) is 48.0 Å². The molecule has 0 saturated carbocycles. The van der Waals surface area contributed by atoms with Crippen LogP contribution in [0.25, 0.3) is 22.4 Å². The summed E-state index contributed by atoms with van der Waals surface area (Å²) in [6.07, 6.45) is 1.38. The predicted molar refractivity (Wildman–Crippen MR) is 82.0 cm³/mol. The Balaban J connectivity index is 2.27. The quantitative estimate of drug-likeness (QED) is 0.780. The van der Waals surface area contributed by atoms with Crippen LogP contribution in [0, 0.1) is 11.6 Å². The molecule has 1 heterocycles. The molecule has 114 valence electrons. The maximum absolute atomic E-state index is 13.2. The van der Waals surface area contributed by atoms with Crippen molar-refractivity contribution in [3.63, 3.8) is 0 Å². The Morgan fingerprint density at radius 2 is 1.35 bits per heavy atom. The lowest BCUT2D eigenvalue weighted by molar-refractivity contribution is 0.0697. The molecule has 0 spiro atoms. The Bertz CT molecular complexity index is 859. The molecule has 0 fully saturated rings. The summed E-state index contributed by atoms with van der Waals surface area (Å²) in [5.41, 5.74) is 1.92. The molecule has 2 aromatic carbocycles. The van der Waals surface area contributed by atoms with Crippen molar-refractivity contribution in [2.75, 3.05) is 0 Å². The molecule has 0 saturated heterocycles. The van der Waals surface area contributed by atoms with Crippen LogP contribution in [0.5, 0.6) is 0 Å². The first kappa shape index (κ1) is 14.8. The number of hydrogen-bond donors (Lipinski definition) is 1. The smallest absolute Gasteiger partial charge is 0.336 e. The number of rotatable bonds is 3. The molecule has 0 aliphatic heterocycles. The molecular formula is C18H11F2NO2. The van der Waals surface area contributed by atoms with Crippen LogP contribution in [-0.4, -0.2) is 16.1 Å². The number of aromatic carboxylic acids is 1. The Hall–Kier alpha value is -3.08. The molecule has 0 atom stereocenters. The third kappa shape index (κ3) is 2.94. The maximum Gasteiger partial charge on any atom is 0.336 e. The monoisotopic (exact) mass is 311 g/mol. The Labute approximate surface area is 130 Å². The summed E-state index contributed by atoms with van der Waals surface area (Å²) in [7, 11) is 0. The molecule has 0 amide bonds. The number of carboxylic acids is 1. The maximum atomic E-state index is 13.2. The second-order valence-electron chi connectivity index (χ2n) is 4.90. The molecule has 0 radical (unpaired) electrons. The molecule has 5 heteroatoms. The Morgan fingerprint density at radius 1 is 0.826 bits per heavy atom. The van der Waals surface area contributed by atoms with E-state index in [9.17, 15) is 18.7 Å². The fourth-order valence-corrected chi connectivity index (χ4v) is 2.38. The number of carboxylic acid groups (broad SMARTS) is 1. The SMILES string of the molecule is O=C(O)c1ccnc(-c2ccc(F)cc2)c1-c1ccc(F)cc1. The number of hydrogen-bond acceptors (Lipinski definition) is 2. The third-order valence-electron chi connectivity index (χ3n) is 3.43. The van der Waals surface area contributed by atoms with E-state index in [4.69, 9.17) is 0 Å². The van der Waals surface area contributed by atoms with Crippen LogP contribution in [0.15, 0.2) is 60.8 Å². The highest BCUT2D eigenvalue weighted by Gasteiger charge is 2.18. The molecule has 0 unspecified atom stereocenters. The molecule has 0 aliphatic carbocycles. The molecule has 3 nitrogen and oxygen atoms in total. The average molecular weight is 311 g/mol. The summed E-state index contributed by atoms with van der Waals surface area (Å²) in [6, 6.07) is 12.5. The van der Waals surface area contributed by atoms with Gasteiger partial charge >= 0.3 is 5.97 Å². The number of halogens is 2. The van der Waals surface area contributed by atoms with Gasteiger partial charge in [-0.25, -0.2) is 13.6 Å². The highest BCUT2D eigenvalue weighted by Crippen LogP contribution is 2.33. The predicted octanol–water partition coefficient (Wildman–Crippen LogP) is 4.39. The van der Waals surface area contributed by atoms with E-state index in [2.05, 4.69) is 4.98 Å². The second kappa shape index (κ2) is 5.96. The zero-order valence-corrected chi connectivity index (χ0v) is 11.8. The van der Waals surface area contributed by atoms with E-state index in [0.29, 0.717) is 22.4 Å². The zero-order chi connectivity index (χ0) is 16.4. The number of carbonyl (C=O) groups is 1. The van der Waals surface area contributed by atoms with Crippen LogP contribution in [0.2, 0.25) is 0 Å². The van der Waals surface area contributed by atoms with Gasteiger partial charge in [-0.1, -0.05) is 12.1 Å². The zero-order valence-electron chi connectivity index (χ0n) is 11.8. The van der Waals surface area contributed by atoms with Crippen molar-refractivity contribution in [2.45, 2.75) is 0 Å². The Kier molecular flexibility index (Phi) is 3.85. The van der Waals surface area contributed by atoms with Crippen LogP contribution in [0.3, 0.4) is 0 Å². The number of pyridine rings is 1. The lowest BCUT2D eigenvalue weighted by Crippen LogP contribution is -2.03. The number of benzene rings is 2. The summed E-state index contributed by atoms with van der Waals surface area (Å²) in [4.78, 5) is 15.8. The summed E-state index contributed by atoms with van der Waals surface area (Å²) < 4.78 is 26.3. The largest absolute Gasteiger partial charge is 0.478 e. The number of aromatic nitrogens is 1. The van der Waals surface area contributed by atoms with Crippen molar-refractivity contribution in [1.82, 2.24) is 4.98 Å².